The summed E-state index contributed by atoms with van der Waals surface area (Å²) < 4.78 is 5.22. The van der Waals surface area contributed by atoms with Crippen LogP contribution in [0.4, 0.5) is 0 Å². The first-order valence-electron chi connectivity index (χ1n) is 13.1. The molecule has 4 nitrogen and oxygen atoms in total. The molecule has 0 bridgehead atoms. The van der Waals surface area contributed by atoms with Gasteiger partial charge < -0.3 is 4.74 Å². The molecule has 6 aromatic rings. The van der Waals surface area contributed by atoms with Gasteiger partial charge in [-0.2, -0.15) is 0 Å². The number of para-hydroxylation sites is 1. The van der Waals surface area contributed by atoms with Crippen molar-refractivity contribution in [3.63, 3.8) is 0 Å². The molecule has 0 N–H and O–H groups in total. The summed E-state index contributed by atoms with van der Waals surface area (Å²) in [5, 5.41) is 5.75. The molecule has 1 aliphatic rings. The Labute approximate surface area is 226 Å². The number of Topliss-reactive ketones (excluding diaryl/α,β-unsaturated/α-hetero) is 2. The second kappa shape index (κ2) is 10.5. The average Bonchev–Trinajstić information content (AvgIpc) is 3.00. The Bertz CT molecular complexity index is 1770. The molecule has 0 radical (unpaired) electrons. The van der Waals surface area contributed by atoms with E-state index in [0.29, 0.717) is 6.42 Å². The molecule has 7 rings (SSSR count). The molecule has 1 unspecified atom stereocenters. The third-order valence-electron chi connectivity index (χ3n) is 7.49. The molecule has 1 aliphatic carbocycles. The number of benzene rings is 5. The first-order chi connectivity index (χ1) is 19.1. The highest BCUT2D eigenvalue weighted by Crippen LogP contribution is 2.37. The zero-order chi connectivity index (χ0) is 26.8. The smallest absolute Gasteiger partial charge is 0.206 e. The Morgan fingerprint density at radius 2 is 1.44 bits per heavy atom. The number of aromatic nitrogens is 1. The van der Waals surface area contributed by atoms with Crippen molar-refractivity contribution in [3.05, 3.63) is 132 Å². The zero-order valence-corrected chi connectivity index (χ0v) is 21.6. The van der Waals surface area contributed by atoms with Crippen molar-refractivity contribution in [3.8, 4) is 5.75 Å². The third-order valence-corrected chi connectivity index (χ3v) is 7.49. The minimum absolute atomic E-state index is 0.183. The Morgan fingerprint density at radius 1 is 0.718 bits per heavy atom. The highest BCUT2D eigenvalue weighted by molar-refractivity contribution is 6.41. The Morgan fingerprint density at radius 3 is 2.23 bits per heavy atom. The summed E-state index contributed by atoms with van der Waals surface area (Å²) >= 11 is 0. The van der Waals surface area contributed by atoms with E-state index in [4.69, 9.17) is 4.74 Å². The molecule has 190 valence electrons. The van der Waals surface area contributed by atoms with Crippen molar-refractivity contribution in [1.82, 2.24) is 4.98 Å². The van der Waals surface area contributed by atoms with Crippen LogP contribution in [0.5, 0.6) is 5.75 Å². The van der Waals surface area contributed by atoms with Crippen molar-refractivity contribution in [2.45, 2.75) is 18.8 Å². The molecule has 1 aromatic heterocycles. The van der Waals surface area contributed by atoms with Gasteiger partial charge >= 0.3 is 0 Å². The second-order valence-corrected chi connectivity index (χ2v) is 9.78. The van der Waals surface area contributed by atoms with Gasteiger partial charge in [-0.05, 0) is 68.9 Å². The van der Waals surface area contributed by atoms with Crippen LogP contribution in [0.15, 0.2) is 115 Å². The van der Waals surface area contributed by atoms with Crippen LogP contribution in [0.25, 0.3) is 32.4 Å². The maximum atomic E-state index is 12.8. The highest BCUT2D eigenvalue weighted by atomic mass is 16.5. The summed E-state index contributed by atoms with van der Waals surface area (Å²) in [7, 11) is 1.63. The van der Waals surface area contributed by atoms with E-state index in [1.54, 1.807) is 7.11 Å². The summed E-state index contributed by atoms with van der Waals surface area (Å²) in [6, 6.07) is 36.4. The minimum Gasteiger partial charge on any atom is -0.497 e. The molecule has 1 heterocycles. The Hall–Kier alpha value is -4.83. The van der Waals surface area contributed by atoms with E-state index in [1.165, 1.54) is 16.2 Å². The summed E-state index contributed by atoms with van der Waals surface area (Å²) in [6.07, 6.45) is 2.51. The number of rotatable bonds is 3. The quantitative estimate of drug-likeness (QED) is 0.186. The van der Waals surface area contributed by atoms with Gasteiger partial charge in [0.15, 0.2) is 0 Å². The SMILES string of the molecule is COc1ccc(CC2C(=O)C(=O)Cc3c2ccc2c3ccc3ccccc32)cc1.c1ccc2ncccc2c1. The Balaban J connectivity index is 0.000000231. The number of hydrogen-bond acceptors (Lipinski definition) is 4. The molecule has 0 amide bonds. The van der Waals surface area contributed by atoms with Gasteiger partial charge in [0.1, 0.15) is 5.75 Å². The van der Waals surface area contributed by atoms with E-state index in [-0.39, 0.29) is 18.0 Å². The fraction of sp³-hybridized carbons (Fsp3) is 0.114. The number of hydrogen-bond donors (Lipinski definition) is 0. The number of pyridine rings is 1. The normalized spacial score (nSPS) is 14.6. The zero-order valence-electron chi connectivity index (χ0n) is 21.6. The third kappa shape index (κ3) is 4.77. The number of ketones is 2. The maximum absolute atomic E-state index is 12.8. The molecule has 5 aromatic carbocycles. The monoisotopic (exact) mass is 509 g/mol. The van der Waals surface area contributed by atoms with Crippen LogP contribution in [0.2, 0.25) is 0 Å². The van der Waals surface area contributed by atoms with E-state index >= 15 is 0 Å². The van der Waals surface area contributed by atoms with Crippen LogP contribution in [0.3, 0.4) is 0 Å². The molecule has 1 atom stereocenters. The van der Waals surface area contributed by atoms with Crippen LogP contribution in [0, 0.1) is 0 Å². The predicted molar refractivity (Wildman–Crippen MR) is 156 cm³/mol. The van der Waals surface area contributed by atoms with Gasteiger partial charge in [-0.15, -0.1) is 0 Å². The van der Waals surface area contributed by atoms with Gasteiger partial charge in [0.25, 0.3) is 0 Å². The van der Waals surface area contributed by atoms with Crippen molar-refractivity contribution in [2.75, 3.05) is 7.11 Å². The highest BCUT2D eigenvalue weighted by Gasteiger charge is 2.34. The molecule has 0 fully saturated rings. The van der Waals surface area contributed by atoms with Crippen molar-refractivity contribution >= 4 is 44.0 Å². The lowest BCUT2D eigenvalue weighted by Crippen LogP contribution is -2.31. The average molecular weight is 510 g/mol. The second-order valence-electron chi connectivity index (χ2n) is 9.78. The van der Waals surface area contributed by atoms with E-state index in [1.807, 2.05) is 72.9 Å². The first-order valence-corrected chi connectivity index (χ1v) is 13.1. The number of carbonyl (C=O) groups excluding carboxylic acids is 2. The summed E-state index contributed by atoms with van der Waals surface area (Å²) in [5.74, 6) is -0.237. The number of fused-ring (bicyclic) bond motifs is 6. The molecule has 39 heavy (non-hydrogen) atoms. The Kier molecular flexibility index (Phi) is 6.60. The topological polar surface area (TPSA) is 56.3 Å². The van der Waals surface area contributed by atoms with Crippen LogP contribution in [0.1, 0.15) is 22.6 Å². The van der Waals surface area contributed by atoms with Crippen molar-refractivity contribution in [2.24, 2.45) is 0 Å². The van der Waals surface area contributed by atoms with Crippen LogP contribution < -0.4 is 4.74 Å². The van der Waals surface area contributed by atoms with Gasteiger partial charge in [-0.3, -0.25) is 14.6 Å². The molecule has 0 saturated heterocycles. The van der Waals surface area contributed by atoms with Crippen LogP contribution in [-0.4, -0.2) is 23.7 Å². The first kappa shape index (κ1) is 24.5. The van der Waals surface area contributed by atoms with Crippen molar-refractivity contribution in [1.29, 1.82) is 0 Å². The van der Waals surface area contributed by atoms with Gasteiger partial charge in [-0.1, -0.05) is 84.9 Å². The van der Waals surface area contributed by atoms with Crippen molar-refractivity contribution < 1.29 is 14.3 Å². The predicted octanol–water partition coefficient (Wildman–Crippen LogP) is 7.26. The molecular formula is C35H27NO3. The summed E-state index contributed by atoms with van der Waals surface area (Å²) in [4.78, 5) is 29.6. The number of ether oxygens (including phenoxy) is 1. The number of carbonyl (C=O) groups is 2. The van der Waals surface area contributed by atoms with Gasteiger partial charge in [0, 0.05) is 18.0 Å². The largest absolute Gasteiger partial charge is 0.497 e. The van der Waals surface area contributed by atoms with E-state index in [0.717, 1.165) is 38.7 Å². The fourth-order valence-electron chi connectivity index (χ4n) is 5.49. The molecule has 0 saturated carbocycles. The lowest BCUT2D eigenvalue weighted by Gasteiger charge is -2.25. The van der Waals surface area contributed by atoms with E-state index in [2.05, 4.69) is 47.4 Å². The lowest BCUT2D eigenvalue weighted by molar-refractivity contribution is -0.137. The maximum Gasteiger partial charge on any atom is 0.206 e. The summed E-state index contributed by atoms with van der Waals surface area (Å²) in [6.45, 7) is 0. The van der Waals surface area contributed by atoms with E-state index in [9.17, 15) is 9.59 Å². The minimum atomic E-state index is -0.435. The lowest BCUT2D eigenvalue weighted by atomic mass is 9.76. The molecule has 0 spiro atoms. The number of methoxy groups -OCH3 is 1. The fourth-order valence-corrected chi connectivity index (χ4v) is 5.49. The summed E-state index contributed by atoms with van der Waals surface area (Å²) in [5.41, 5.74) is 4.05. The number of nitrogens with zero attached hydrogens (tertiary/aromatic N) is 1. The molecule has 0 aliphatic heterocycles. The van der Waals surface area contributed by atoms with Gasteiger partial charge in [-0.25, -0.2) is 0 Å². The van der Waals surface area contributed by atoms with Crippen LogP contribution >= 0.6 is 0 Å². The van der Waals surface area contributed by atoms with Crippen LogP contribution in [-0.2, 0) is 22.4 Å². The van der Waals surface area contributed by atoms with Gasteiger partial charge in [0.2, 0.25) is 11.6 Å². The molecule has 4 heteroatoms. The standard InChI is InChI=1S/C26H20O3.C9H7N/c1-29-18-9-6-16(7-10-18)14-24-22-13-12-20-19-5-3-2-4-17(19)8-11-21(20)23(22)15-25(27)26(24)28;1-2-6-9-8(4-1)5-3-7-10-9/h2-13,24H,14-15H2,1H3;1-7H. The molecular weight excluding hydrogens is 482 g/mol. The van der Waals surface area contributed by atoms with Gasteiger partial charge in [0.05, 0.1) is 18.5 Å². The van der Waals surface area contributed by atoms with E-state index < -0.39 is 5.92 Å².